The fourth-order valence-electron chi connectivity index (χ4n) is 1.49. The highest BCUT2D eigenvalue weighted by molar-refractivity contribution is 7.73. The average molecular weight is 251 g/mol. The van der Waals surface area contributed by atoms with Crippen molar-refractivity contribution in [1.29, 1.82) is 0 Å². The van der Waals surface area contributed by atoms with E-state index in [1.165, 1.54) is 22.5 Å². The molecular weight excluding hydrogens is 238 g/mol. The Bertz CT molecular complexity index is 516. The molecule has 0 bridgehead atoms. The van der Waals surface area contributed by atoms with Gasteiger partial charge in [-0.25, -0.2) is 0 Å². The summed E-state index contributed by atoms with van der Waals surface area (Å²) in [7, 11) is 0. The van der Waals surface area contributed by atoms with Crippen LogP contribution in [0, 0.1) is 10.9 Å². The van der Waals surface area contributed by atoms with Crippen molar-refractivity contribution in [2.75, 3.05) is 11.9 Å². The molecule has 0 saturated carbocycles. The van der Waals surface area contributed by atoms with E-state index in [1.807, 2.05) is 0 Å². The Balaban J connectivity index is 1.86. The van der Waals surface area contributed by atoms with Crippen molar-refractivity contribution in [3.05, 3.63) is 39.3 Å². The fraction of sp³-hybridized carbons (Fsp3) is 0.273. The zero-order valence-electron chi connectivity index (χ0n) is 8.99. The van der Waals surface area contributed by atoms with Crippen LogP contribution in [-0.2, 0) is 6.42 Å². The lowest BCUT2D eigenvalue weighted by molar-refractivity contribution is 0.990. The second-order valence-electron chi connectivity index (χ2n) is 3.58. The molecule has 84 valence electrons. The van der Waals surface area contributed by atoms with Gasteiger partial charge in [-0.05, 0) is 31.1 Å². The van der Waals surface area contributed by atoms with E-state index in [0.29, 0.717) is 3.95 Å². The van der Waals surface area contributed by atoms with Gasteiger partial charge in [0.25, 0.3) is 0 Å². The molecule has 5 heteroatoms. The predicted octanol–water partition coefficient (Wildman–Crippen LogP) is 3.16. The zero-order chi connectivity index (χ0) is 11.4. The van der Waals surface area contributed by atoms with E-state index < -0.39 is 0 Å². The molecule has 0 aliphatic heterocycles. The third kappa shape index (κ3) is 3.15. The van der Waals surface area contributed by atoms with Gasteiger partial charge in [0.1, 0.15) is 0 Å². The SMILES string of the molecule is Cc1cccc(CCNc2n[nH]c(=S)s2)c1. The molecule has 2 aromatic rings. The van der Waals surface area contributed by atoms with E-state index in [4.69, 9.17) is 12.2 Å². The van der Waals surface area contributed by atoms with Crippen LogP contribution in [0.5, 0.6) is 0 Å². The molecule has 0 radical (unpaired) electrons. The van der Waals surface area contributed by atoms with E-state index in [2.05, 4.69) is 46.7 Å². The molecule has 1 aromatic carbocycles. The van der Waals surface area contributed by atoms with Gasteiger partial charge in [0.15, 0.2) is 3.95 Å². The van der Waals surface area contributed by atoms with Crippen molar-refractivity contribution >= 4 is 28.7 Å². The molecule has 0 spiro atoms. The molecule has 0 amide bonds. The topological polar surface area (TPSA) is 40.7 Å². The summed E-state index contributed by atoms with van der Waals surface area (Å²) in [4.78, 5) is 0. The Kier molecular flexibility index (Phi) is 3.69. The molecule has 0 fully saturated rings. The van der Waals surface area contributed by atoms with Crippen LogP contribution in [-0.4, -0.2) is 16.7 Å². The fourth-order valence-corrected chi connectivity index (χ4v) is 2.30. The summed E-state index contributed by atoms with van der Waals surface area (Å²) in [5, 5.41) is 10.9. The first-order valence-corrected chi connectivity index (χ1v) is 6.31. The van der Waals surface area contributed by atoms with Crippen molar-refractivity contribution in [1.82, 2.24) is 10.2 Å². The second-order valence-corrected chi connectivity index (χ2v) is 5.25. The largest absolute Gasteiger partial charge is 0.360 e. The van der Waals surface area contributed by atoms with Crippen LogP contribution in [0.1, 0.15) is 11.1 Å². The molecule has 0 saturated heterocycles. The quantitative estimate of drug-likeness (QED) is 0.820. The first-order valence-electron chi connectivity index (χ1n) is 5.09. The first-order chi connectivity index (χ1) is 7.74. The number of aromatic amines is 1. The zero-order valence-corrected chi connectivity index (χ0v) is 10.6. The van der Waals surface area contributed by atoms with Gasteiger partial charge >= 0.3 is 0 Å². The number of benzene rings is 1. The van der Waals surface area contributed by atoms with Crippen LogP contribution in [0.3, 0.4) is 0 Å². The monoisotopic (exact) mass is 251 g/mol. The van der Waals surface area contributed by atoms with Gasteiger partial charge in [-0.1, -0.05) is 41.2 Å². The Morgan fingerprint density at radius 2 is 2.38 bits per heavy atom. The van der Waals surface area contributed by atoms with E-state index in [9.17, 15) is 0 Å². The maximum Gasteiger partial charge on any atom is 0.204 e. The average Bonchev–Trinajstić information content (AvgIpc) is 2.64. The number of hydrogen-bond donors (Lipinski definition) is 2. The van der Waals surface area contributed by atoms with E-state index >= 15 is 0 Å². The standard InChI is InChI=1S/C11H13N3S2/c1-8-3-2-4-9(7-8)5-6-12-10-13-14-11(15)16-10/h2-4,7H,5-6H2,1H3,(H,12,13)(H,14,15). The molecule has 1 heterocycles. The maximum atomic E-state index is 4.95. The van der Waals surface area contributed by atoms with Crippen molar-refractivity contribution in [3.8, 4) is 0 Å². The van der Waals surface area contributed by atoms with E-state index in [-0.39, 0.29) is 0 Å². The van der Waals surface area contributed by atoms with Crippen molar-refractivity contribution in [2.45, 2.75) is 13.3 Å². The minimum absolute atomic E-state index is 0.707. The van der Waals surface area contributed by atoms with Crippen molar-refractivity contribution in [2.24, 2.45) is 0 Å². The Morgan fingerprint density at radius 1 is 1.50 bits per heavy atom. The summed E-state index contributed by atoms with van der Waals surface area (Å²) in [6, 6.07) is 8.54. The molecule has 2 rings (SSSR count). The van der Waals surface area contributed by atoms with Crippen LogP contribution in [0.15, 0.2) is 24.3 Å². The number of nitrogens with one attached hydrogen (secondary N) is 2. The number of nitrogens with zero attached hydrogens (tertiary/aromatic N) is 1. The van der Waals surface area contributed by atoms with Crippen LogP contribution in [0.25, 0.3) is 0 Å². The number of anilines is 1. The van der Waals surface area contributed by atoms with Crippen molar-refractivity contribution < 1.29 is 0 Å². The van der Waals surface area contributed by atoms with Crippen LogP contribution < -0.4 is 5.32 Å². The van der Waals surface area contributed by atoms with Gasteiger partial charge in [0.05, 0.1) is 0 Å². The number of aromatic nitrogens is 2. The molecule has 1 aromatic heterocycles. The summed E-state index contributed by atoms with van der Waals surface area (Å²) < 4.78 is 0.707. The molecule has 0 atom stereocenters. The van der Waals surface area contributed by atoms with E-state index in [1.54, 1.807) is 0 Å². The van der Waals surface area contributed by atoms with Gasteiger partial charge in [0.2, 0.25) is 5.13 Å². The predicted molar refractivity (Wildman–Crippen MR) is 70.7 cm³/mol. The summed E-state index contributed by atoms with van der Waals surface area (Å²) in [6.45, 7) is 2.98. The Hall–Kier alpha value is -1.20. The molecule has 0 aliphatic carbocycles. The molecule has 16 heavy (non-hydrogen) atoms. The highest BCUT2D eigenvalue weighted by Gasteiger charge is 1.97. The Morgan fingerprint density at radius 3 is 3.06 bits per heavy atom. The van der Waals surface area contributed by atoms with Gasteiger partial charge < -0.3 is 5.32 Å². The van der Waals surface area contributed by atoms with Crippen LogP contribution in [0.4, 0.5) is 5.13 Å². The van der Waals surface area contributed by atoms with Gasteiger partial charge in [0, 0.05) is 6.54 Å². The molecular formula is C11H13N3S2. The number of rotatable bonds is 4. The highest BCUT2D eigenvalue weighted by Crippen LogP contribution is 2.11. The number of hydrogen-bond acceptors (Lipinski definition) is 4. The number of H-pyrrole nitrogens is 1. The smallest absolute Gasteiger partial charge is 0.204 e. The van der Waals surface area contributed by atoms with Gasteiger partial charge in [-0.15, -0.1) is 5.10 Å². The third-order valence-corrected chi connectivity index (χ3v) is 3.26. The number of aryl methyl sites for hydroxylation is 1. The van der Waals surface area contributed by atoms with Crippen LogP contribution >= 0.6 is 23.6 Å². The van der Waals surface area contributed by atoms with Gasteiger partial charge in [-0.3, -0.25) is 5.10 Å². The Labute approximate surface area is 104 Å². The highest BCUT2D eigenvalue weighted by atomic mass is 32.1. The summed E-state index contributed by atoms with van der Waals surface area (Å²) in [5.41, 5.74) is 2.64. The minimum Gasteiger partial charge on any atom is -0.360 e. The third-order valence-electron chi connectivity index (χ3n) is 2.21. The minimum atomic E-state index is 0.707. The summed E-state index contributed by atoms with van der Waals surface area (Å²) >= 11 is 6.42. The molecule has 2 N–H and O–H groups in total. The normalized spacial score (nSPS) is 10.3. The lowest BCUT2D eigenvalue weighted by atomic mass is 10.1. The summed E-state index contributed by atoms with van der Waals surface area (Å²) in [6.07, 6.45) is 0.994. The maximum absolute atomic E-state index is 4.95. The van der Waals surface area contributed by atoms with Crippen LogP contribution in [0.2, 0.25) is 0 Å². The first kappa shape index (κ1) is 11.3. The lowest BCUT2D eigenvalue weighted by Crippen LogP contribution is -2.04. The van der Waals surface area contributed by atoms with Gasteiger partial charge in [-0.2, -0.15) is 0 Å². The van der Waals surface area contributed by atoms with E-state index in [0.717, 1.165) is 18.1 Å². The van der Waals surface area contributed by atoms with Crippen molar-refractivity contribution in [3.63, 3.8) is 0 Å². The molecule has 0 aliphatic rings. The molecule has 0 unspecified atom stereocenters. The summed E-state index contributed by atoms with van der Waals surface area (Å²) in [5.74, 6) is 0. The molecule has 3 nitrogen and oxygen atoms in total. The second kappa shape index (κ2) is 5.23. The lowest BCUT2D eigenvalue weighted by Gasteiger charge is -2.03.